The summed E-state index contributed by atoms with van der Waals surface area (Å²) in [6.45, 7) is 1.66. The molecular weight excluding hydrogens is 414 g/mol. The lowest BCUT2D eigenvalue weighted by Crippen LogP contribution is -1.98. The molecule has 0 aliphatic heterocycles. The Morgan fingerprint density at radius 2 is 2.10 bits per heavy atom. The molecule has 3 rings (SSSR count). The van der Waals surface area contributed by atoms with E-state index in [1.54, 1.807) is 26.2 Å². The van der Waals surface area contributed by atoms with Crippen LogP contribution in [0, 0.1) is 6.92 Å². The third-order valence-corrected chi connectivity index (χ3v) is 5.71. The zero-order valence-corrected chi connectivity index (χ0v) is 17.4. The smallest absolute Gasteiger partial charge is 0.280 e. The van der Waals surface area contributed by atoms with Gasteiger partial charge in [0.15, 0.2) is 10.9 Å². The summed E-state index contributed by atoms with van der Waals surface area (Å²) in [5.41, 5.74) is 1.90. The van der Waals surface area contributed by atoms with Crippen LogP contribution in [-0.4, -0.2) is 22.9 Å². The maximum absolute atomic E-state index is 13.0. The summed E-state index contributed by atoms with van der Waals surface area (Å²) in [5.74, 6) is 1.05. The van der Waals surface area contributed by atoms with Gasteiger partial charge in [0, 0.05) is 17.0 Å². The van der Waals surface area contributed by atoms with E-state index in [0.29, 0.717) is 22.1 Å². The molecule has 2 heterocycles. The fraction of sp³-hybridized carbons (Fsp3) is 0.190. The van der Waals surface area contributed by atoms with Crippen LogP contribution in [0.1, 0.15) is 38.6 Å². The molecule has 0 bridgehead atoms. The highest BCUT2D eigenvalue weighted by Gasteiger charge is 2.13. The Balaban J connectivity index is 1.76. The van der Waals surface area contributed by atoms with Crippen LogP contribution in [0.25, 0.3) is 6.08 Å². The van der Waals surface area contributed by atoms with Gasteiger partial charge in [-0.3, -0.25) is 4.79 Å². The number of nitrogens with zero attached hydrogens (tertiary/aromatic N) is 2. The number of thioether (sulfide) groups is 1. The maximum Gasteiger partial charge on any atom is 0.280 e. The number of carbonyl (C=O) groups is 1. The molecule has 0 atom stereocenters. The average molecular weight is 433 g/mol. The Morgan fingerprint density at radius 3 is 2.79 bits per heavy atom. The fourth-order valence-corrected chi connectivity index (χ4v) is 4.11. The van der Waals surface area contributed by atoms with Crippen molar-refractivity contribution in [2.24, 2.45) is 0 Å². The van der Waals surface area contributed by atoms with Gasteiger partial charge in [0.1, 0.15) is 11.4 Å². The number of hydrogen-bond acceptors (Lipinski definition) is 6. The standard InChI is InChI=1S/C21H18F2N2O2S2/c1-13-10-16(20(22)23)25-21(24-13)29-12-15-11-14(6-8-18(15)27-2)5-7-17(26)19-4-3-9-28-19/h3-11,20H,12H2,1-2H3/b7-5+. The Labute approximate surface area is 175 Å². The molecule has 0 aliphatic rings. The third kappa shape index (κ3) is 5.71. The highest BCUT2D eigenvalue weighted by Crippen LogP contribution is 2.29. The molecule has 4 nitrogen and oxygen atoms in total. The summed E-state index contributed by atoms with van der Waals surface area (Å²) < 4.78 is 31.3. The Kier molecular flexibility index (Phi) is 7.11. The molecule has 150 valence electrons. The van der Waals surface area contributed by atoms with E-state index in [2.05, 4.69) is 9.97 Å². The number of hydrogen-bond donors (Lipinski definition) is 0. The summed E-state index contributed by atoms with van der Waals surface area (Å²) in [7, 11) is 1.57. The van der Waals surface area contributed by atoms with Crippen LogP contribution in [0.2, 0.25) is 0 Å². The minimum absolute atomic E-state index is 0.0561. The van der Waals surface area contributed by atoms with Crippen molar-refractivity contribution in [3.8, 4) is 5.75 Å². The molecule has 1 aromatic carbocycles. The largest absolute Gasteiger partial charge is 0.496 e. The minimum Gasteiger partial charge on any atom is -0.496 e. The van der Waals surface area contributed by atoms with E-state index in [1.807, 2.05) is 29.6 Å². The predicted molar refractivity (Wildman–Crippen MR) is 112 cm³/mol. The van der Waals surface area contributed by atoms with Gasteiger partial charge < -0.3 is 4.74 Å². The molecule has 8 heteroatoms. The predicted octanol–water partition coefficient (Wildman–Crippen LogP) is 5.98. The number of allylic oxidation sites excluding steroid dienone is 1. The number of rotatable bonds is 8. The van der Waals surface area contributed by atoms with Gasteiger partial charge in [-0.25, -0.2) is 18.7 Å². The number of methoxy groups -OCH3 is 1. The lowest BCUT2D eigenvalue weighted by atomic mass is 10.1. The van der Waals surface area contributed by atoms with Gasteiger partial charge in [-0.05, 0) is 48.2 Å². The first-order valence-electron chi connectivity index (χ1n) is 8.65. The van der Waals surface area contributed by atoms with E-state index in [0.717, 1.165) is 11.1 Å². The van der Waals surface area contributed by atoms with Gasteiger partial charge in [0.2, 0.25) is 0 Å². The molecular formula is C21H18F2N2O2S2. The van der Waals surface area contributed by atoms with E-state index in [1.165, 1.54) is 35.2 Å². The quantitative estimate of drug-likeness (QED) is 0.190. The molecule has 0 radical (unpaired) electrons. The average Bonchev–Trinajstić information content (AvgIpc) is 3.25. The van der Waals surface area contributed by atoms with Crippen molar-refractivity contribution in [2.75, 3.05) is 7.11 Å². The first-order chi connectivity index (χ1) is 14.0. The minimum atomic E-state index is -2.64. The molecule has 0 fully saturated rings. The second kappa shape index (κ2) is 9.76. The van der Waals surface area contributed by atoms with E-state index in [9.17, 15) is 13.6 Å². The molecule has 2 aromatic heterocycles. The van der Waals surface area contributed by atoms with E-state index in [-0.39, 0.29) is 16.6 Å². The van der Waals surface area contributed by atoms with E-state index >= 15 is 0 Å². The number of aromatic nitrogens is 2. The number of halogens is 2. The number of benzene rings is 1. The Morgan fingerprint density at radius 1 is 1.28 bits per heavy atom. The SMILES string of the molecule is COc1ccc(/C=C/C(=O)c2cccs2)cc1CSc1nc(C)cc(C(F)F)n1. The summed E-state index contributed by atoms with van der Waals surface area (Å²) >= 11 is 2.65. The third-order valence-electron chi connectivity index (χ3n) is 3.93. The topological polar surface area (TPSA) is 52.1 Å². The Hall–Kier alpha value is -2.58. The second-order valence-electron chi connectivity index (χ2n) is 6.05. The van der Waals surface area contributed by atoms with Crippen LogP contribution in [0.3, 0.4) is 0 Å². The number of aryl methyl sites for hydroxylation is 1. The molecule has 0 unspecified atom stereocenters. The Bertz CT molecular complexity index is 1020. The monoisotopic (exact) mass is 432 g/mol. The van der Waals surface area contributed by atoms with Gasteiger partial charge in [0.25, 0.3) is 6.43 Å². The maximum atomic E-state index is 13.0. The first-order valence-corrected chi connectivity index (χ1v) is 10.5. The molecule has 0 aliphatic carbocycles. The summed E-state index contributed by atoms with van der Waals surface area (Å²) in [4.78, 5) is 20.9. The number of thiophene rings is 1. The van der Waals surface area contributed by atoms with Crippen LogP contribution in [0.5, 0.6) is 5.75 Å². The van der Waals surface area contributed by atoms with Gasteiger partial charge in [-0.2, -0.15) is 0 Å². The summed E-state index contributed by atoms with van der Waals surface area (Å²) in [6.07, 6.45) is 0.636. The number of ketones is 1. The molecule has 3 aromatic rings. The van der Waals surface area contributed by atoms with E-state index < -0.39 is 6.43 Å². The molecule has 0 N–H and O–H groups in total. The molecule has 0 saturated heterocycles. The van der Waals surface area contributed by atoms with Crippen LogP contribution in [0.4, 0.5) is 8.78 Å². The van der Waals surface area contributed by atoms with Gasteiger partial charge in [-0.15, -0.1) is 11.3 Å². The van der Waals surface area contributed by atoms with Crippen molar-refractivity contribution in [1.82, 2.24) is 9.97 Å². The normalized spacial score (nSPS) is 11.3. The number of carbonyl (C=O) groups excluding carboxylic acids is 1. The highest BCUT2D eigenvalue weighted by molar-refractivity contribution is 7.98. The van der Waals surface area contributed by atoms with Crippen molar-refractivity contribution >= 4 is 35.0 Å². The number of alkyl halides is 2. The lowest BCUT2D eigenvalue weighted by Gasteiger charge is -2.10. The van der Waals surface area contributed by atoms with Gasteiger partial charge in [-0.1, -0.05) is 30.0 Å². The summed E-state index contributed by atoms with van der Waals surface area (Å²) in [5, 5.41) is 2.15. The zero-order valence-electron chi connectivity index (χ0n) is 15.8. The van der Waals surface area contributed by atoms with Crippen molar-refractivity contribution in [1.29, 1.82) is 0 Å². The van der Waals surface area contributed by atoms with E-state index in [4.69, 9.17) is 4.74 Å². The lowest BCUT2D eigenvalue weighted by molar-refractivity contribution is 0.105. The van der Waals surface area contributed by atoms with Gasteiger partial charge in [0.05, 0.1) is 12.0 Å². The summed E-state index contributed by atoms with van der Waals surface area (Å²) in [6, 6.07) is 10.5. The molecule has 0 spiro atoms. The zero-order chi connectivity index (χ0) is 20.8. The van der Waals surface area contributed by atoms with Crippen LogP contribution >= 0.6 is 23.1 Å². The van der Waals surface area contributed by atoms with Crippen molar-refractivity contribution < 1.29 is 18.3 Å². The van der Waals surface area contributed by atoms with Crippen molar-refractivity contribution in [3.63, 3.8) is 0 Å². The van der Waals surface area contributed by atoms with Crippen molar-refractivity contribution in [2.45, 2.75) is 24.3 Å². The molecule has 0 amide bonds. The first kappa shape index (κ1) is 21.1. The van der Waals surface area contributed by atoms with Crippen LogP contribution in [-0.2, 0) is 5.75 Å². The molecule has 29 heavy (non-hydrogen) atoms. The van der Waals surface area contributed by atoms with Crippen molar-refractivity contribution in [3.05, 3.63) is 75.2 Å². The highest BCUT2D eigenvalue weighted by atomic mass is 32.2. The van der Waals surface area contributed by atoms with Gasteiger partial charge >= 0.3 is 0 Å². The van der Waals surface area contributed by atoms with Crippen LogP contribution in [0.15, 0.2) is 53.0 Å². The molecule has 0 saturated carbocycles. The van der Waals surface area contributed by atoms with Crippen LogP contribution < -0.4 is 4.74 Å². The fourth-order valence-electron chi connectivity index (χ4n) is 2.57. The second-order valence-corrected chi connectivity index (χ2v) is 7.94. The number of ether oxygens (including phenoxy) is 1.